The second-order valence-corrected chi connectivity index (χ2v) is 7.86. The largest absolute Gasteiger partial charge is 0.381 e. The minimum absolute atomic E-state index is 0.0664. The van der Waals surface area contributed by atoms with Crippen molar-refractivity contribution in [1.29, 1.82) is 0 Å². The molecule has 134 valence electrons. The number of benzene rings is 1. The van der Waals surface area contributed by atoms with E-state index in [4.69, 9.17) is 9.47 Å². The van der Waals surface area contributed by atoms with Gasteiger partial charge in [-0.15, -0.1) is 0 Å². The molecule has 0 saturated carbocycles. The Labute approximate surface area is 150 Å². The molecule has 0 amide bonds. The van der Waals surface area contributed by atoms with Crippen molar-refractivity contribution >= 4 is 28.4 Å². The lowest BCUT2D eigenvalue weighted by atomic mass is 10.2. The van der Waals surface area contributed by atoms with Crippen LogP contribution in [0.5, 0.6) is 0 Å². The average Bonchev–Trinajstić information content (AvgIpc) is 3.14. The number of hydrogen-bond donors (Lipinski definition) is 2. The van der Waals surface area contributed by atoms with Crippen LogP contribution in [-0.2, 0) is 15.2 Å². The van der Waals surface area contributed by atoms with Gasteiger partial charge in [-0.25, -0.2) is 4.98 Å². The van der Waals surface area contributed by atoms with Gasteiger partial charge in [-0.05, 0) is 37.5 Å². The number of ether oxygens (including phenoxy) is 2. The van der Waals surface area contributed by atoms with Crippen molar-refractivity contribution in [1.82, 2.24) is 9.97 Å². The third-order valence-electron chi connectivity index (χ3n) is 4.68. The average molecular weight is 361 g/mol. The minimum atomic E-state index is -0.0664. The molecule has 1 atom stereocenters. The number of nitrogens with zero attached hydrogens (tertiary/aromatic N) is 1. The molecule has 2 aliphatic heterocycles. The van der Waals surface area contributed by atoms with Crippen molar-refractivity contribution in [3.8, 4) is 0 Å². The molecule has 6 nitrogen and oxygen atoms in total. The Balaban J connectivity index is 1.50. The van der Waals surface area contributed by atoms with Crippen molar-refractivity contribution in [2.75, 3.05) is 31.7 Å². The Kier molecular flexibility index (Phi) is 5.24. The zero-order valence-electron chi connectivity index (χ0n) is 14.1. The van der Waals surface area contributed by atoms with E-state index in [-0.39, 0.29) is 5.56 Å². The Bertz CT molecular complexity index is 783. The number of anilines is 1. The second kappa shape index (κ2) is 7.76. The SMILES string of the molecule is O=c1[nH]c(CSC2CCOCC2)nc2cc(NC3CCOC3)ccc12. The van der Waals surface area contributed by atoms with E-state index in [1.165, 1.54) is 0 Å². The highest BCUT2D eigenvalue weighted by atomic mass is 32.2. The molecule has 2 N–H and O–H groups in total. The molecule has 7 heteroatoms. The van der Waals surface area contributed by atoms with Crippen LogP contribution < -0.4 is 10.9 Å². The Morgan fingerprint density at radius 2 is 2.04 bits per heavy atom. The van der Waals surface area contributed by atoms with Crippen LogP contribution in [0.2, 0.25) is 0 Å². The summed E-state index contributed by atoms with van der Waals surface area (Å²) < 4.78 is 10.8. The predicted molar refractivity (Wildman–Crippen MR) is 100 cm³/mol. The molecule has 0 radical (unpaired) electrons. The maximum atomic E-state index is 12.3. The van der Waals surface area contributed by atoms with Crippen LogP contribution in [0.15, 0.2) is 23.0 Å². The zero-order valence-corrected chi connectivity index (χ0v) is 14.9. The third-order valence-corrected chi connectivity index (χ3v) is 6.06. The zero-order chi connectivity index (χ0) is 17.1. The number of fused-ring (bicyclic) bond motifs is 1. The fourth-order valence-electron chi connectivity index (χ4n) is 3.27. The van der Waals surface area contributed by atoms with Crippen LogP contribution in [0.4, 0.5) is 5.69 Å². The molecule has 25 heavy (non-hydrogen) atoms. The first kappa shape index (κ1) is 16.9. The summed E-state index contributed by atoms with van der Waals surface area (Å²) in [5.41, 5.74) is 1.67. The first-order chi connectivity index (χ1) is 12.3. The van der Waals surface area contributed by atoms with Gasteiger partial charge in [0.2, 0.25) is 0 Å². The molecule has 1 unspecified atom stereocenters. The number of hydrogen-bond acceptors (Lipinski definition) is 6. The smallest absolute Gasteiger partial charge is 0.258 e. The van der Waals surface area contributed by atoms with Crippen LogP contribution in [0.1, 0.15) is 25.1 Å². The van der Waals surface area contributed by atoms with E-state index >= 15 is 0 Å². The highest BCUT2D eigenvalue weighted by Gasteiger charge is 2.17. The number of thioether (sulfide) groups is 1. The number of aromatic nitrogens is 2. The van der Waals surface area contributed by atoms with Crippen LogP contribution >= 0.6 is 11.8 Å². The summed E-state index contributed by atoms with van der Waals surface area (Å²) in [5.74, 6) is 1.47. The molecular weight excluding hydrogens is 338 g/mol. The molecule has 3 heterocycles. The number of nitrogens with one attached hydrogen (secondary N) is 2. The maximum Gasteiger partial charge on any atom is 0.258 e. The molecule has 0 bridgehead atoms. The normalized spacial score (nSPS) is 21.7. The van der Waals surface area contributed by atoms with Gasteiger partial charge < -0.3 is 19.8 Å². The first-order valence-electron chi connectivity index (χ1n) is 8.84. The molecule has 2 aliphatic rings. The van der Waals surface area contributed by atoms with Gasteiger partial charge in [0.1, 0.15) is 5.82 Å². The van der Waals surface area contributed by atoms with Gasteiger partial charge in [0.25, 0.3) is 5.56 Å². The van der Waals surface area contributed by atoms with Gasteiger partial charge in [-0.2, -0.15) is 11.8 Å². The monoisotopic (exact) mass is 361 g/mol. The summed E-state index contributed by atoms with van der Waals surface area (Å²) in [4.78, 5) is 19.9. The molecular formula is C18H23N3O3S. The fraction of sp³-hybridized carbons (Fsp3) is 0.556. The lowest BCUT2D eigenvalue weighted by Gasteiger charge is -2.21. The molecule has 2 saturated heterocycles. The molecule has 2 aromatic rings. The molecule has 4 rings (SSSR count). The van der Waals surface area contributed by atoms with Crippen LogP contribution in [-0.4, -0.2) is 47.7 Å². The quantitative estimate of drug-likeness (QED) is 0.852. The molecule has 0 aliphatic carbocycles. The second-order valence-electron chi connectivity index (χ2n) is 6.57. The van der Waals surface area contributed by atoms with E-state index in [0.29, 0.717) is 16.7 Å². The van der Waals surface area contributed by atoms with Gasteiger partial charge in [-0.3, -0.25) is 4.79 Å². The van der Waals surface area contributed by atoms with Crippen molar-refractivity contribution in [2.45, 2.75) is 36.3 Å². The minimum Gasteiger partial charge on any atom is -0.381 e. The van der Waals surface area contributed by atoms with Crippen molar-refractivity contribution in [3.05, 3.63) is 34.4 Å². The predicted octanol–water partition coefficient (Wildman–Crippen LogP) is 2.54. The van der Waals surface area contributed by atoms with Crippen LogP contribution in [0.3, 0.4) is 0 Å². The van der Waals surface area contributed by atoms with Gasteiger partial charge in [0.15, 0.2) is 0 Å². The number of rotatable bonds is 5. The standard InChI is InChI=1S/C18H23N3O3S/c22-18-15-2-1-12(19-13-3-6-24-10-13)9-16(15)20-17(21-18)11-25-14-4-7-23-8-5-14/h1-2,9,13-14,19H,3-8,10-11H2,(H,20,21,22). The summed E-state index contributed by atoms with van der Waals surface area (Å²) in [6, 6.07) is 6.08. The van der Waals surface area contributed by atoms with Crippen LogP contribution in [0, 0.1) is 0 Å². The number of H-pyrrole nitrogens is 1. The summed E-state index contributed by atoms with van der Waals surface area (Å²) in [6.07, 6.45) is 3.15. The Morgan fingerprint density at radius 3 is 2.84 bits per heavy atom. The van der Waals surface area contributed by atoms with Gasteiger partial charge in [0, 0.05) is 30.8 Å². The van der Waals surface area contributed by atoms with E-state index in [2.05, 4.69) is 15.3 Å². The van der Waals surface area contributed by atoms with Crippen molar-refractivity contribution in [2.24, 2.45) is 0 Å². The summed E-state index contributed by atoms with van der Waals surface area (Å²) in [6.45, 7) is 3.20. The maximum absolute atomic E-state index is 12.3. The summed E-state index contributed by atoms with van der Waals surface area (Å²) >= 11 is 1.85. The highest BCUT2D eigenvalue weighted by molar-refractivity contribution is 7.99. The summed E-state index contributed by atoms with van der Waals surface area (Å²) in [7, 11) is 0. The van der Waals surface area contributed by atoms with E-state index in [0.717, 1.165) is 68.5 Å². The van der Waals surface area contributed by atoms with Gasteiger partial charge >= 0.3 is 0 Å². The lowest BCUT2D eigenvalue weighted by Crippen LogP contribution is -2.19. The van der Waals surface area contributed by atoms with Crippen molar-refractivity contribution in [3.63, 3.8) is 0 Å². The molecule has 1 aromatic carbocycles. The van der Waals surface area contributed by atoms with Crippen molar-refractivity contribution < 1.29 is 9.47 Å². The van der Waals surface area contributed by atoms with Gasteiger partial charge in [-0.1, -0.05) is 0 Å². The Morgan fingerprint density at radius 1 is 1.20 bits per heavy atom. The lowest BCUT2D eigenvalue weighted by molar-refractivity contribution is 0.1000. The van der Waals surface area contributed by atoms with E-state index in [1.807, 2.05) is 30.0 Å². The summed E-state index contributed by atoms with van der Waals surface area (Å²) in [5, 5.41) is 4.68. The molecule has 2 fully saturated rings. The number of aromatic amines is 1. The molecule has 0 spiro atoms. The van der Waals surface area contributed by atoms with E-state index in [9.17, 15) is 4.79 Å². The van der Waals surface area contributed by atoms with E-state index in [1.54, 1.807) is 0 Å². The molecule has 1 aromatic heterocycles. The van der Waals surface area contributed by atoms with Gasteiger partial charge in [0.05, 0.1) is 29.3 Å². The Hall–Kier alpha value is -1.57. The first-order valence-corrected chi connectivity index (χ1v) is 9.89. The highest BCUT2D eigenvalue weighted by Crippen LogP contribution is 2.25. The van der Waals surface area contributed by atoms with Crippen LogP contribution in [0.25, 0.3) is 10.9 Å². The third kappa shape index (κ3) is 4.16. The fourth-order valence-corrected chi connectivity index (χ4v) is 4.33. The van der Waals surface area contributed by atoms with E-state index < -0.39 is 0 Å². The topological polar surface area (TPSA) is 76.2 Å².